The van der Waals surface area contributed by atoms with E-state index < -0.39 is 6.36 Å². The van der Waals surface area contributed by atoms with Crippen LogP contribution in [0.3, 0.4) is 0 Å². The van der Waals surface area contributed by atoms with Crippen LogP contribution in [0.4, 0.5) is 18.9 Å². The van der Waals surface area contributed by atoms with E-state index in [1.165, 1.54) is 18.2 Å². The van der Waals surface area contributed by atoms with Crippen molar-refractivity contribution in [1.82, 2.24) is 10.3 Å². The highest BCUT2D eigenvalue weighted by molar-refractivity contribution is 5.56. The number of ether oxygens (including phenoxy) is 1. The Morgan fingerprint density at radius 1 is 1.26 bits per heavy atom. The molecule has 2 aromatic rings. The lowest BCUT2D eigenvalue weighted by Crippen LogP contribution is -2.18. The minimum Gasteiger partial charge on any atom is -0.404 e. The summed E-state index contributed by atoms with van der Waals surface area (Å²) in [5.74, 6) is -0.302. The van der Waals surface area contributed by atoms with Crippen molar-refractivity contribution in [2.75, 3.05) is 5.32 Å². The molecular formula is C11H10F3N3O2. The fourth-order valence-electron chi connectivity index (χ4n) is 1.42. The molecule has 0 unspecified atom stereocenters. The smallest absolute Gasteiger partial charge is 0.404 e. The van der Waals surface area contributed by atoms with Gasteiger partial charge < -0.3 is 10.1 Å². The van der Waals surface area contributed by atoms with E-state index in [1.807, 2.05) is 0 Å². The molecule has 0 saturated carbocycles. The molecule has 0 amide bonds. The third-order valence-corrected chi connectivity index (χ3v) is 2.31. The second-order valence-electron chi connectivity index (χ2n) is 3.69. The minimum absolute atomic E-state index is 0.188. The lowest BCUT2D eigenvalue weighted by Gasteiger charge is -2.13. The molecule has 19 heavy (non-hydrogen) atoms. The van der Waals surface area contributed by atoms with Gasteiger partial charge in [0.05, 0.1) is 12.2 Å². The molecule has 1 aromatic carbocycles. The van der Waals surface area contributed by atoms with E-state index in [-0.39, 0.29) is 18.0 Å². The van der Waals surface area contributed by atoms with E-state index in [0.29, 0.717) is 11.4 Å². The summed E-state index contributed by atoms with van der Waals surface area (Å²) in [4.78, 5) is 0. The fourth-order valence-corrected chi connectivity index (χ4v) is 1.42. The largest absolute Gasteiger partial charge is 0.573 e. The normalized spacial score (nSPS) is 11.4. The van der Waals surface area contributed by atoms with Gasteiger partial charge in [0, 0.05) is 0 Å². The van der Waals surface area contributed by atoms with Gasteiger partial charge in [-0.25, -0.2) is 4.63 Å². The van der Waals surface area contributed by atoms with Crippen molar-refractivity contribution in [3.63, 3.8) is 0 Å². The molecule has 0 aliphatic heterocycles. The molecule has 0 spiro atoms. The summed E-state index contributed by atoms with van der Waals surface area (Å²) in [6.07, 6.45) is -4.73. The van der Waals surface area contributed by atoms with Crippen LogP contribution in [0.15, 0.2) is 28.9 Å². The minimum atomic E-state index is -4.73. The van der Waals surface area contributed by atoms with E-state index in [0.717, 1.165) is 0 Å². The summed E-state index contributed by atoms with van der Waals surface area (Å²) >= 11 is 0. The maximum Gasteiger partial charge on any atom is 0.573 e. The van der Waals surface area contributed by atoms with E-state index in [1.54, 1.807) is 13.0 Å². The molecule has 2 rings (SSSR count). The highest BCUT2D eigenvalue weighted by atomic mass is 19.4. The van der Waals surface area contributed by atoms with Gasteiger partial charge in [-0.3, -0.25) is 0 Å². The van der Waals surface area contributed by atoms with E-state index in [4.69, 9.17) is 0 Å². The average Bonchev–Trinajstić information content (AvgIpc) is 2.72. The molecule has 0 atom stereocenters. The first-order chi connectivity index (χ1) is 8.96. The fraction of sp³-hybridized carbons (Fsp3) is 0.273. The quantitative estimate of drug-likeness (QED) is 0.928. The number of aryl methyl sites for hydroxylation is 1. The van der Waals surface area contributed by atoms with E-state index in [9.17, 15) is 13.2 Å². The Morgan fingerprint density at radius 3 is 2.63 bits per heavy atom. The number of halogens is 3. The topological polar surface area (TPSA) is 60.2 Å². The van der Waals surface area contributed by atoms with Crippen LogP contribution in [0.2, 0.25) is 0 Å². The number of hydrogen-bond acceptors (Lipinski definition) is 5. The van der Waals surface area contributed by atoms with Crippen molar-refractivity contribution >= 4 is 5.69 Å². The van der Waals surface area contributed by atoms with Gasteiger partial charge in [0.25, 0.3) is 0 Å². The Kier molecular flexibility index (Phi) is 3.59. The van der Waals surface area contributed by atoms with Crippen molar-refractivity contribution < 1.29 is 22.5 Å². The first-order valence-corrected chi connectivity index (χ1v) is 5.32. The zero-order valence-electron chi connectivity index (χ0n) is 9.86. The molecule has 1 N–H and O–H groups in total. The monoisotopic (exact) mass is 273 g/mol. The molecule has 102 valence electrons. The third-order valence-electron chi connectivity index (χ3n) is 2.31. The Bertz CT molecular complexity index is 554. The Hall–Kier alpha value is -2.25. The number of anilines is 1. The molecule has 0 bridgehead atoms. The van der Waals surface area contributed by atoms with Crippen molar-refractivity contribution in [3.05, 3.63) is 35.7 Å². The molecule has 0 fully saturated rings. The van der Waals surface area contributed by atoms with Crippen LogP contribution < -0.4 is 10.1 Å². The summed E-state index contributed by atoms with van der Waals surface area (Å²) in [6, 6.07) is 5.75. The first kappa shape index (κ1) is 13.2. The van der Waals surface area contributed by atoms with Gasteiger partial charge in [0.2, 0.25) is 0 Å². The van der Waals surface area contributed by atoms with Gasteiger partial charge in [-0.15, -0.1) is 13.2 Å². The second-order valence-corrected chi connectivity index (χ2v) is 3.69. The van der Waals surface area contributed by atoms with Crippen LogP contribution in [0.5, 0.6) is 5.75 Å². The zero-order valence-corrected chi connectivity index (χ0v) is 9.86. The van der Waals surface area contributed by atoms with Crippen LogP contribution in [0, 0.1) is 6.92 Å². The van der Waals surface area contributed by atoms with Gasteiger partial charge in [-0.1, -0.05) is 22.4 Å². The lowest BCUT2D eigenvalue weighted by molar-refractivity contribution is -0.274. The summed E-state index contributed by atoms with van der Waals surface area (Å²) in [5.41, 5.74) is 1.30. The number of hydrogen-bond donors (Lipinski definition) is 1. The van der Waals surface area contributed by atoms with Gasteiger partial charge >= 0.3 is 6.36 Å². The lowest BCUT2D eigenvalue weighted by atomic mass is 10.2. The van der Waals surface area contributed by atoms with Gasteiger partial charge in [-0.2, -0.15) is 0 Å². The van der Waals surface area contributed by atoms with Crippen molar-refractivity contribution in [3.8, 4) is 5.75 Å². The Balaban J connectivity index is 2.10. The van der Waals surface area contributed by atoms with Gasteiger partial charge in [-0.05, 0) is 19.1 Å². The van der Waals surface area contributed by atoms with Crippen molar-refractivity contribution in [2.24, 2.45) is 0 Å². The summed E-state index contributed by atoms with van der Waals surface area (Å²) in [5, 5.41) is 9.99. The first-order valence-electron chi connectivity index (χ1n) is 5.32. The Labute approximate surface area is 106 Å². The van der Waals surface area contributed by atoms with Gasteiger partial charge in [0.1, 0.15) is 11.4 Å². The second kappa shape index (κ2) is 5.17. The van der Waals surface area contributed by atoms with Crippen LogP contribution in [-0.2, 0) is 6.54 Å². The molecule has 8 heteroatoms. The SMILES string of the molecule is Cc1nonc1CNc1ccccc1OC(F)(F)F. The van der Waals surface area contributed by atoms with Crippen LogP contribution in [0.25, 0.3) is 0 Å². The number of nitrogens with zero attached hydrogens (tertiary/aromatic N) is 2. The summed E-state index contributed by atoms with van der Waals surface area (Å²) in [6.45, 7) is 1.87. The predicted molar refractivity (Wildman–Crippen MR) is 59.5 cm³/mol. The number of nitrogens with one attached hydrogen (secondary N) is 1. The molecule has 1 heterocycles. The maximum atomic E-state index is 12.2. The molecule has 0 radical (unpaired) electrons. The molecular weight excluding hydrogens is 263 g/mol. The number of benzene rings is 1. The standard InChI is InChI=1S/C11H10F3N3O2/c1-7-9(17-19-16-7)6-15-8-4-2-3-5-10(8)18-11(12,13)14/h2-5,15H,6H2,1H3. The number of alkyl halides is 3. The summed E-state index contributed by atoms with van der Waals surface area (Å²) in [7, 11) is 0. The third kappa shape index (κ3) is 3.60. The molecule has 0 aliphatic rings. The molecule has 1 aromatic heterocycles. The maximum absolute atomic E-state index is 12.2. The number of aromatic nitrogens is 2. The average molecular weight is 273 g/mol. The molecule has 0 saturated heterocycles. The van der Waals surface area contributed by atoms with Crippen LogP contribution in [-0.4, -0.2) is 16.7 Å². The van der Waals surface area contributed by atoms with Crippen molar-refractivity contribution in [1.29, 1.82) is 0 Å². The highest BCUT2D eigenvalue weighted by Gasteiger charge is 2.32. The highest BCUT2D eigenvalue weighted by Crippen LogP contribution is 2.30. The summed E-state index contributed by atoms with van der Waals surface area (Å²) < 4.78 is 45.0. The molecule has 5 nitrogen and oxygen atoms in total. The predicted octanol–water partition coefficient (Wildman–Crippen LogP) is 2.89. The van der Waals surface area contributed by atoms with Crippen molar-refractivity contribution in [2.45, 2.75) is 19.8 Å². The van der Waals surface area contributed by atoms with Crippen LogP contribution >= 0.6 is 0 Å². The number of rotatable bonds is 4. The van der Waals surface area contributed by atoms with E-state index in [2.05, 4.69) is 25.0 Å². The van der Waals surface area contributed by atoms with Crippen LogP contribution in [0.1, 0.15) is 11.4 Å². The number of para-hydroxylation sites is 2. The van der Waals surface area contributed by atoms with Gasteiger partial charge in [0.15, 0.2) is 5.75 Å². The van der Waals surface area contributed by atoms with E-state index >= 15 is 0 Å². The zero-order chi connectivity index (χ0) is 13.9. The molecule has 0 aliphatic carbocycles. The Morgan fingerprint density at radius 2 is 2.00 bits per heavy atom.